The summed E-state index contributed by atoms with van der Waals surface area (Å²) in [4.78, 5) is 27.1. The fourth-order valence-electron chi connectivity index (χ4n) is 3.05. The van der Waals surface area contributed by atoms with Gasteiger partial charge < -0.3 is 19.6 Å². The first kappa shape index (κ1) is 15.1. The summed E-state index contributed by atoms with van der Waals surface area (Å²) in [6.45, 7) is 4.02. The molecule has 6 heteroatoms. The molecule has 3 unspecified atom stereocenters. The van der Waals surface area contributed by atoms with Gasteiger partial charge in [-0.25, -0.2) is 9.59 Å². The monoisotopic (exact) mass is 284 g/mol. The van der Waals surface area contributed by atoms with Crippen molar-refractivity contribution in [2.24, 2.45) is 5.92 Å². The number of amides is 2. The number of carbonyl (C=O) groups excluding carboxylic acids is 1. The highest BCUT2D eigenvalue weighted by Crippen LogP contribution is 2.24. The van der Waals surface area contributed by atoms with Crippen molar-refractivity contribution in [3.63, 3.8) is 0 Å². The van der Waals surface area contributed by atoms with Crippen molar-refractivity contribution in [3.8, 4) is 0 Å². The smallest absolute Gasteiger partial charge is 0.326 e. The highest BCUT2D eigenvalue weighted by molar-refractivity contribution is 5.83. The topological polar surface area (TPSA) is 70.1 Å². The number of hydrogen-bond donors (Lipinski definition) is 1. The number of carboxylic acids is 1. The molecule has 20 heavy (non-hydrogen) atoms. The molecule has 0 saturated carbocycles. The summed E-state index contributed by atoms with van der Waals surface area (Å²) >= 11 is 0. The van der Waals surface area contributed by atoms with Gasteiger partial charge >= 0.3 is 12.0 Å². The zero-order chi connectivity index (χ0) is 14.7. The molecule has 0 aromatic rings. The van der Waals surface area contributed by atoms with Crippen LogP contribution in [0.15, 0.2) is 0 Å². The van der Waals surface area contributed by atoms with Crippen molar-refractivity contribution in [2.45, 2.75) is 44.8 Å². The largest absolute Gasteiger partial charge is 0.480 e. The quantitative estimate of drug-likeness (QED) is 0.832. The molecule has 2 aliphatic rings. The van der Waals surface area contributed by atoms with Crippen LogP contribution in [0.4, 0.5) is 4.79 Å². The van der Waals surface area contributed by atoms with Crippen LogP contribution >= 0.6 is 0 Å². The Kier molecular flexibility index (Phi) is 4.86. The Labute approximate surface area is 119 Å². The van der Waals surface area contributed by atoms with E-state index in [1.807, 2.05) is 0 Å². The van der Waals surface area contributed by atoms with Crippen LogP contribution in [-0.4, -0.2) is 65.8 Å². The lowest BCUT2D eigenvalue weighted by Crippen LogP contribution is -2.48. The summed E-state index contributed by atoms with van der Waals surface area (Å²) in [7, 11) is 1.56. The second kappa shape index (κ2) is 6.43. The third-order valence-corrected chi connectivity index (χ3v) is 4.41. The van der Waals surface area contributed by atoms with Crippen molar-refractivity contribution in [3.05, 3.63) is 0 Å². The van der Waals surface area contributed by atoms with Gasteiger partial charge in [0.15, 0.2) is 0 Å². The number of rotatable bonds is 2. The van der Waals surface area contributed by atoms with Gasteiger partial charge in [-0.2, -0.15) is 0 Å². The third kappa shape index (κ3) is 3.23. The molecule has 6 nitrogen and oxygen atoms in total. The minimum atomic E-state index is -0.943. The van der Waals surface area contributed by atoms with Crippen LogP contribution in [-0.2, 0) is 9.53 Å². The van der Waals surface area contributed by atoms with Gasteiger partial charge in [-0.3, -0.25) is 0 Å². The molecule has 3 atom stereocenters. The molecular formula is C14H24N2O4. The van der Waals surface area contributed by atoms with Gasteiger partial charge in [0.1, 0.15) is 6.04 Å². The van der Waals surface area contributed by atoms with Crippen LogP contribution in [0, 0.1) is 5.92 Å². The van der Waals surface area contributed by atoms with Crippen LogP contribution in [0.2, 0.25) is 0 Å². The van der Waals surface area contributed by atoms with E-state index < -0.39 is 12.0 Å². The predicted octanol–water partition coefficient (Wildman–Crippen LogP) is 1.40. The minimum Gasteiger partial charge on any atom is -0.480 e. The van der Waals surface area contributed by atoms with E-state index in [0.29, 0.717) is 18.9 Å². The Morgan fingerprint density at radius 2 is 2.00 bits per heavy atom. The fraction of sp³-hybridized carbons (Fsp3) is 0.857. The van der Waals surface area contributed by atoms with E-state index in [1.54, 1.807) is 12.0 Å². The number of methoxy groups -OCH3 is 1. The normalized spacial score (nSPS) is 31.2. The average molecular weight is 284 g/mol. The van der Waals surface area contributed by atoms with Gasteiger partial charge in [0.05, 0.1) is 6.10 Å². The molecule has 0 aliphatic carbocycles. The Morgan fingerprint density at radius 3 is 2.65 bits per heavy atom. The highest BCUT2D eigenvalue weighted by atomic mass is 16.5. The van der Waals surface area contributed by atoms with Crippen molar-refractivity contribution in [2.75, 3.05) is 26.7 Å². The van der Waals surface area contributed by atoms with Gasteiger partial charge in [0.25, 0.3) is 0 Å². The molecule has 0 bridgehead atoms. The molecule has 2 amide bonds. The standard InChI is InChI=1S/C14H24N2O4/c1-10-4-3-6-15(7-5-10)14(19)16-9-11(20-2)8-12(16)13(17)18/h10-12H,3-9H2,1-2H3,(H,17,18). The fourth-order valence-corrected chi connectivity index (χ4v) is 3.05. The Balaban J connectivity index is 2.04. The first-order valence-electron chi connectivity index (χ1n) is 7.34. The summed E-state index contributed by atoms with van der Waals surface area (Å²) < 4.78 is 5.23. The number of carboxylic acid groups (broad SMARTS) is 1. The molecule has 0 spiro atoms. The molecule has 2 rings (SSSR count). The molecule has 0 aromatic carbocycles. The second-order valence-corrected chi connectivity index (χ2v) is 5.91. The third-order valence-electron chi connectivity index (χ3n) is 4.41. The lowest BCUT2D eigenvalue weighted by atomic mass is 10.0. The summed E-state index contributed by atoms with van der Waals surface area (Å²) in [6, 6.07) is -0.904. The summed E-state index contributed by atoms with van der Waals surface area (Å²) in [5.41, 5.74) is 0. The number of ether oxygens (including phenoxy) is 1. The molecule has 0 radical (unpaired) electrons. The van der Waals surface area contributed by atoms with Gasteiger partial charge in [0.2, 0.25) is 0 Å². The number of hydrogen-bond acceptors (Lipinski definition) is 3. The molecule has 2 aliphatic heterocycles. The lowest BCUT2D eigenvalue weighted by molar-refractivity contribution is -0.141. The summed E-state index contributed by atoms with van der Waals surface area (Å²) in [5, 5.41) is 9.27. The van der Waals surface area contributed by atoms with E-state index in [1.165, 1.54) is 4.90 Å². The summed E-state index contributed by atoms with van der Waals surface area (Å²) in [5.74, 6) is -0.311. The molecule has 2 heterocycles. The number of carbonyl (C=O) groups is 2. The van der Waals surface area contributed by atoms with Gasteiger partial charge in [-0.15, -0.1) is 0 Å². The Bertz CT molecular complexity index is 374. The van der Waals surface area contributed by atoms with Gasteiger partial charge in [-0.1, -0.05) is 6.92 Å². The average Bonchev–Trinajstić information content (AvgIpc) is 2.75. The first-order chi connectivity index (χ1) is 9.52. The van der Waals surface area contributed by atoms with Crippen LogP contribution < -0.4 is 0 Å². The molecular weight excluding hydrogens is 260 g/mol. The van der Waals surface area contributed by atoms with E-state index in [9.17, 15) is 14.7 Å². The van der Waals surface area contributed by atoms with Crippen LogP contribution in [0.25, 0.3) is 0 Å². The number of urea groups is 1. The van der Waals surface area contributed by atoms with Crippen LogP contribution in [0.5, 0.6) is 0 Å². The molecule has 2 saturated heterocycles. The van der Waals surface area contributed by atoms with E-state index >= 15 is 0 Å². The first-order valence-corrected chi connectivity index (χ1v) is 7.34. The predicted molar refractivity (Wildman–Crippen MR) is 73.5 cm³/mol. The number of aliphatic carboxylic acids is 1. The minimum absolute atomic E-state index is 0.147. The second-order valence-electron chi connectivity index (χ2n) is 5.91. The molecule has 114 valence electrons. The van der Waals surface area contributed by atoms with E-state index in [4.69, 9.17) is 4.74 Å². The van der Waals surface area contributed by atoms with Crippen molar-refractivity contribution in [1.82, 2.24) is 9.80 Å². The number of nitrogens with zero attached hydrogens (tertiary/aromatic N) is 2. The van der Waals surface area contributed by atoms with Crippen LogP contribution in [0.3, 0.4) is 0 Å². The van der Waals surface area contributed by atoms with Crippen molar-refractivity contribution < 1.29 is 19.4 Å². The van der Waals surface area contributed by atoms with E-state index in [-0.39, 0.29) is 12.1 Å². The van der Waals surface area contributed by atoms with E-state index in [0.717, 1.165) is 32.4 Å². The Hall–Kier alpha value is -1.30. The summed E-state index contributed by atoms with van der Waals surface area (Å²) in [6.07, 6.45) is 3.32. The van der Waals surface area contributed by atoms with Gasteiger partial charge in [0, 0.05) is 33.2 Å². The van der Waals surface area contributed by atoms with Gasteiger partial charge in [-0.05, 0) is 25.2 Å². The maximum atomic E-state index is 12.6. The highest BCUT2D eigenvalue weighted by Gasteiger charge is 2.41. The zero-order valence-electron chi connectivity index (χ0n) is 12.2. The lowest BCUT2D eigenvalue weighted by Gasteiger charge is -2.29. The Morgan fingerprint density at radius 1 is 1.25 bits per heavy atom. The zero-order valence-corrected chi connectivity index (χ0v) is 12.2. The molecule has 2 fully saturated rings. The van der Waals surface area contributed by atoms with Crippen LogP contribution in [0.1, 0.15) is 32.6 Å². The SMILES string of the molecule is COC1CC(C(=O)O)N(C(=O)N2CCCC(C)CC2)C1. The molecule has 1 N–H and O–H groups in total. The maximum Gasteiger partial charge on any atom is 0.326 e. The van der Waals surface area contributed by atoms with E-state index in [2.05, 4.69) is 6.92 Å². The molecule has 0 aromatic heterocycles. The van der Waals surface area contributed by atoms with Crippen molar-refractivity contribution >= 4 is 12.0 Å². The maximum absolute atomic E-state index is 12.6. The van der Waals surface area contributed by atoms with Crippen molar-refractivity contribution in [1.29, 1.82) is 0 Å². The number of likely N-dealkylation sites (tertiary alicyclic amines) is 2.